The van der Waals surface area contributed by atoms with Gasteiger partial charge < -0.3 is 14.8 Å². The highest BCUT2D eigenvalue weighted by Gasteiger charge is 2.24. The first-order valence-corrected chi connectivity index (χ1v) is 9.96. The van der Waals surface area contributed by atoms with E-state index in [0.29, 0.717) is 36.1 Å². The number of carbonyl (C=O) groups excluding carboxylic acids is 1. The Morgan fingerprint density at radius 2 is 1.93 bits per heavy atom. The van der Waals surface area contributed by atoms with Crippen molar-refractivity contribution in [2.75, 3.05) is 39.5 Å². The summed E-state index contributed by atoms with van der Waals surface area (Å²) in [4.78, 5) is 15.0. The molecule has 2 aliphatic rings. The minimum absolute atomic E-state index is 0.0599. The third kappa shape index (κ3) is 4.78. The number of benzene rings is 2. The zero-order valence-corrected chi connectivity index (χ0v) is 16.6. The van der Waals surface area contributed by atoms with Crippen LogP contribution in [-0.4, -0.2) is 50.3 Å². The summed E-state index contributed by atoms with van der Waals surface area (Å²) >= 11 is 6.04. The number of amides is 1. The number of nitrogens with one attached hydrogen (secondary N) is 1. The molecule has 1 saturated heterocycles. The quantitative estimate of drug-likeness (QED) is 0.811. The third-order valence-electron chi connectivity index (χ3n) is 5.17. The van der Waals surface area contributed by atoms with Crippen molar-refractivity contribution in [3.63, 3.8) is 0 Å². The van der Waals surface area contributed by atoms with Crippen molar-refractivity contribution < 1.29 is 18.7 Å². The van der Waals surface area contributed by atoms with Crippen molar-refractivity contribution in [2.45, 2.75) is 6.04 Å². The summed E-state index contributed by atoms with van der Waals surface area (Å²) < 4.78 is 24.5. The number of hydrogen-bond acceptors (Lipinski definition) is 4. The van der Waals surface area contributed by atoms with E-state index in [-0.39, 0.29) is 24.4 Å². The SMILES string of the molecule is O=C(NC[C@H](c1ccc(F)cc1)N1CCOCC1)C1=Cc2cc(Cl)ccc2OC1. The van der Waals surface area contributed by atoms with Gasteiger partial charge >= 0.3 is 0 Å². The number of halogens is 2. The van der Waals surface area contributed by atoms with E-state index < -0.39 is 0 Å². The van der Waals surface area contributed by atoms with Crippen LogP contribution in [0.4, 0.5) is 4.39 Å². The monoisotopic (exact) mass is 416 g/mol. The van der Waals surface area contributed by atoms with Gasteiger partial charge in [-0.25, -0.2) is 4.39 Å². The first kappa shape index (κ1) is 19.9. The molecule has 152 valence electrons. The Bertz CT molecular complexity index is 911. The van der Waals surface area contributed by atoms with Crippen LogP contribution in [0.3, 0.4) is 0 Å². The molecule has 2 heterocycles. The second kappa shape index (κ2) is 8.95. The first-order valence-electron chi connectivity index (χ1n) is 9.58. The van der Waals surface area contributed by atoms with Crippen LogP contribution >= 0.6 is 11.6 Å². The first-order chi connectivity index (χ1) is 14.1. The minimum atomic E-state index is -0.277. The fourth-order valence-corrected chi connectivity index (χ4v) is 3.79. The van der Waals surface area contributed by atoms with E-state index in [2.05, 4.69) is 10.2 Å². The number of morpholine rings is 1. The summed E-state index contributed by atoms with van der Waals surface area (Å²) in [6.07, 6.45) is 1.81. The van der Waals surface area contributed by atoms with Gasteiger partial charge in [-0.05, 0) is 42.0 Å². The molecule has 0 radical (unpaired) electrons. The van der Waals surface area contributed by atoms with Crippen LogP contribution in [0.2, 0.25) is 5.02 Å². The fourth-order valence-electron chi connectivity index (χ4n) is 3.61. The van der Waals surface area contributed by atoms with Crippen molar-refractivity contribution in [1.82, 2.24) is 10.2 Å². The summed E-state index contributed by atoms with van der Waals surface area (Å²) in [6, 6.07) is 11.7. The Morgan fingerprint density at radius 3 is 2.69 bits per heavy atom. The van der Waals surface area contributed by atoms with Crippen molar-refractivity contribution in [2.24, 2.45) is 0 Å². The lowest BCUT2D eigenvalue weighted by molar-refractivity contribution is -0.118. The van der Waals surface area contributed by atoms with E-state index in [0.717, 1.165) is 24.2 Å². The number of hydrogen-bond donors (Lipinski definition) is 1. The molecular formula is C22H22ClFN2O3. The topological polar surface area (TPSA) is 50.8 Å². The van der Waals surface area contributed by atoms with Crippen LogP contribution in [0.1, 0.15) is 17.2 Å². The average Bonchev–Trinajstić information content (AvgIpc) is 2.75. The molecule has 0 saturated carbocycles. The van der Waals surface area contributed by atoms with Gasteiger partial charge in [0.05, 0.1) is 24.8 Å². The highest BCUT2D eigenvalue weighted by Crippen LogP contribution is 2.29. The maximum Gasteiger partial charge on any atom is 0.250 e. The smallest absolute Gasteiger partial charge is 0.250 e. The number of fused-ring (bicyclic) bond motifs is 1. The zero-order valence-electron chi connectivity index (χ0n) is 15.9. The molecule has 0 aliphatic carbocycles. The lowest BCUT2D eigenvalue weighted by Crippen LogP contribution is -2.44. The van der Waals surface area contributed by atoms with Gasteiger partial charge in [-0.1, -0.05) is 23.7 Å². The largest absolute Gasteiger partial charge is 0.488 e. The summed E-state index contributed by atoms with van der Waals surface area (Å²) in [5.41, 5.74) is 2.29. The minimum Gasteiger partial charge on any atom is -0.488 e. The maximum absolute atomic E-state index is 13.4. The lowest BCUT2D eigenvalue weighted by Gasteiger charge is -2.35. The van der Waals surface area contributed by atoms with E-state index in [1.54, 1.807) is 30.3 Å². The zero-order chi connectivity index (χ0) is 20.2. The molecule has 5 nitrogen and oxygen atoms in total. The predicted molar refractivity (Wildman–Crippen MR) is 109 cm³/mol. The Labute approximate surface area is 174 Å². The van der Waals surface area contributed by atoms with E-state index >= 15 is 0 Å². The second-order valence-electron chi connectivity index (χ2n) is 7.07. The lowest BCUT2D eigenvalue weighted by atomic mass is 10.0. The molecule has 1 atom stereocenters. The van der Waals surface area contributed by atoms with E-state index in [1.165, 1.54) is 12.1 Å². The standard InChI is InChI=1S/C22H22ClFN2O3/c23-18-3-6-21-16(12-18)11-17(14-29-21)22(27)25-13-20(26-7-9-28-10-8-26)15-1-4-19(24)5-2-15/h1-6,11-12,20H,7-10,13-14H2,(H,25,27)/t20-/m1/s1. The van der Waals surface area contributed by atoms with Crippen molar-refractivity contribution in [3.8, 4) is 5.75 Å². The van der Waals surface area contributed by atoms with Gasteiger partial charge in [-0.15, -0.1) is 0 Å². The molecule has 1 N–H and O–H groups in total. The van der Waals surface area contributed by atoms with Gasteiger partial charge in [0.25, 0.3) is 5.91 Å². The number of carbonyl (C=O) groups is 1. The third-order valence-corrected chi connectivity index (χ3v) is 5.41. The van der Waals surface area contributed by atoms with Gasteiger partial charge in [0.1, 0.15) is 18.2 Å². The molecule has 2 aromatic carbocycles. The highest BCUT2D eigenvalue weighted by molar-refractivity contribution is 6.30. The molecule has 1 amide bonds. The van der Waals surface area contributed by atoms with Crippen LogP contribution < -0.4 is 10.1 Å². The van der Waals surface area contributed by atoms with Gasteiger partial charge in [-0.2, -0.15) is 0 Å². The summed E-state index contributed by atoms with van der Waals surface area (Å²) in [5.74, 6) is 0.250. The molecule has 4 rings (SSSR count). The highest BCUT2D eigenvalue weighted by atomic mass is 35.5. The molecular weight excluding hydrogens is 395 g/mol. The Hall–Kier alpha value is -2.41. The van der Waals surface area contributed by atoms with Crippen molar-refractivity contribution >= 4 is 23.6 Å². The Kier molecular flexibility index (Phi) is 6.13. The Morgan fingerprint density at radius 1 is 1.17 bits per heavy atom. The number of rotatable bonds is 5. The average molecular weight is 417 g/mol. The van der Waals surface area contributed by atoms with Gasteiger partial charge in [0.15, 0.2) is 0 Å². The van der Waals surface area contributed by atoms with Gasteiger partial charge in [0, 0.05) is 30.2 Å². The summed E-state index contributed by atoms with van der Waals surface area (Å²) in [7, 11) is 0. The van der Waals surface area contributed by atoms with E-state index in [1.807, 2.05) is 6.08 Å². The molecule has 2 aliphatic heterocycles. The van der Waals surface area contributed by atoms with E-state index in [9.17, 15) is 9.18 Å². The van der Waals surface area contributed by atoms with Crippen LogP contribution in [0.15, 0.2) is 48.0 Å². The van der Waals surface area contributed by atoms with Crippen LogP contribution in [0, 0.1) is 5.82 Å². The van der Waals surface area contributed by atoms with Crippen molar-refractivity contribution in [3.05, 3.63) is 70.0 Å². The maximum atomic E-state index is 13.4. The molecule has 7 heteroatoms. The van der Waals surface area contributed by atoms with Gasteiger partial charge in [-0.3, -0.25) is 9.69 Å². The molecule has 0 aromatic heterocycles. The number of nitrogens with zero attached hydrogens (tertiary/aromatic N) is 1. The molecule has 2 aromatic rings. The van der Waals surface area contributed by atoms with Crippen LogP contribution in [0.25, 0.3) is 6.08 Å². The molecule has 0 spiro atoms. The van der Waals surface area contributed by atoms with Crippen molar-refractivity contribution in [1.29, 1.82) is 0 Å². The normalized spacial score (nSPS) is 17.7. The molecule has 29 heavy (non-hydrogen) atoms. The molecule has 1 fully saturated rings. The predicted octanol–water partition coefficient (Wildman–Crippen LogP) is 3.44. The van der Waals surface area contributed by atoms with E-state index in [4.69, 9.17) is 21.1 Å². The summed E-state index contributed by atoms with van der Waals surface area (Å²) in [5, 5.41) is 3.60. The number of ether oxygens (including phenoxy) is 2. The second-order valence-corrected chi connectivity index (χ2v) is 7.50. The van der Waals surface area contributed by atoms with Crippen LogP contribution in [0.5, 0.6) is 5.75 Å². The molecule has 0 bridgehead atoms. The van der Waals surface area contributed by atoms with Gasteiger partial charge in [0.2, 0.25) is 0 Å². The molecule has 0 unspecified atom stereocenters. The van der Waals surface area contributed by atoms with Crippen LogP contribution in [-0.2, 0) is 9.53 Å². The fraction of sp³-hybridized carbons (Fsp3) is 0.318. The summed E-state index contributed by atoms with van der Waals surface area (Å²) in [6.45, 7) is 3.42. The Balaban J connectivity index is 1.48.